The Hall–Kier alpha value is -1.74. The number of amides is 1. The summed E-state index contributed by atoms with van der Waals surface area (Å²) < 4.78 is 26.5. The van der Waals surface area contributed by atoms with Crippen LogP contribution in [0.4, 0.5) is 0 Å². The Bertz CT molecular complexity index is 701. The Morgan fingerprint density at radius 1 is 1.47 bits per heavy atom. The van der Waals surface area contributed by atoms with Crippen LogP contribution in [0.15, 0.2) is 30.3 Å². The molecule has 0 saturated heterocycles. The third-order valence-electron chi connectivity index (χ3n) is 2.90. The molecule has 0 spiro atoms. The van der Waals surface area contributed by atoms with Crippen LogP contribution in [0.1, 0.15) is 16.6 Å². The smallest absolute Gasteiger partial charge is 0.216 e. The highest BCUT2D eigenvalue weighted by atomic mass is 35.5. The van der Waals surface area contributed by atoms with Gasteiger partial charge in [-0.15, -0.1) is 0 Å². The number of fused-ring (bicyclic) bond motifs is 1. The van der Waals surface area contributed by atoms with E-state index in [1.807, 2.05) is 18.2 Å². The summed E-state index contributed by atoms with van der Waals surface area (Å²) in [6.07, 6.45) is 0.631. The lowest BCUT2D eigenvalue weighted by molar-refractivity contribution is -0.118. The molecule has 19 heavy (non-hydrogen) atoms. The summed E-state index contributed by atoms with van der Waals surface area (Å²) in [7, 11) is -2.55. The van der Waals surface area contributed by atoms with Crippen LogP contribution in [0.2, 0.25) is 5.02 Å². The van der Waals surface area contributed by atoms with Crippen LogP contribution in [0, 0.1) is 0 Å². The van der Waals surface area contributed by atoms with E-state index in [2.05, 4.69) is 5.32 Å². The number of hydrogen-bond donors (Lipinski definition) is 1. The average Bonchev–Trinajstić information content (AvgIpc) is 2.38. The number of methoxy groups -OCH3 is 1. The number of rotatable bonds is 4. The van der Waals surface area contributed by atoms with Crippen LogP contribution in [-0.4, -0.2) is 19.5 Å². The van der Waals surface area contributed by atoms with Gasteiger partial charge in [-0.25, -0.2) is 0 Å². The zero-order valence-electron chi connectivity index (χ0n) is 13.5. The molecule has 0 aliphatic rings. The topological polar surface area (TPSA) is 38.3 Å². The number of carbonyl (C=O) groups excluding carboxylic acids is 1. The predicted octanol–water partition coefficient (Wildman–Crippen LogP) is 3.18. The van der Waals surface area contributed by atoms with Crippen molar-refractivity contribution in [3.8, 4) is 5.75 Å². The Morgan fingerprint density at radius 2 is 2.32 bits per heavy atom. The van der Waals surface area contributed by atoms with Gasteiger partial charge in [0.2, 0.25) is 5.91 Å². The highest BCUT2D eigenvalue weighted by Crippen LogP contribution is 2.31. The molecule has 0 aliphatic carbocycles. The van der Waals surface area contributed by atoms with Crippen molar-refractivity contribution in [1.82, 2.24) is 5.32 Å². The second-order valence-corrected chi connectivity index (χ2v) is 4.66. The number of halogens is 1. The first-order chi connectivity index (χ1) is 10.3. The molecular weight excluding hydrogens is 262 g/mol. The summed E-state index contributed by atoms with van der Waals surface area (Å²) in [4.78, 5) is 10.9. The van der Waals surface area contributed by atoms with Crippen molar-refractivity contribution in [3.05, 3.63) is 40.9 Å². The third kappa shape index (κ3) is 3.18. The number of benzene rings is 2. The molecule has 2 aromatic carbocycles. The summed E-state index contributed by atoms with van der Waals surface area (Å²) in [6, 6.07) is 9.03. The van der Waals surface area contributed by atoms with E-state index in [9.17, 15) is 4.79 Å². The summed E-state index contributed by atoms with van der Waals surface area (Å²) in [5.41, 5.74) is 0.985. The lowest BCUT2D eigenvalue weighted by Gasteiger charge is -2.10. The van der Waals surface area contributed by atoms with E-state index in [1.54, 1.807) is 12.1 Å². The molecule has 0 aromatic heterocycles. The van der Waals surface area contributed by atoms with E-state index < -0.39 is 7.04 Å². The zero-order valence-corrected chi connectivity index (χ0v) is 11.3. The van der Waals surface area contributed by atoms with Crippen LogP contribution >= 0.6 is 11.6 Å². The van der Waals surface area contributed by atoms with Crippen LogP contribution < -0.4 is 10.1 Å². The quantitative estimate of drug-likeness (QED) is 0.934. The van der Waals surface area contributed by atoms with E-state index in [0.29, 0.717) is 13.0 Å². The minimum Gasteiger partial charge on any atom is -0.495 e. The molecule has 0 radical (unpaired) electrons. The van der Waals surface area contributed by atoms with Crippen LogP contribution in [0.5, 0.6) is 5.75 Å². The zero-order chi connectivity index (χ0) is 16.3. The Labute approximate surface area is 121 Å². The SMILES string of the molecule is [2H]C([2H])([2H])Oc1cc2c(CCNC(C)=O)cccc2cc1Cl. The summed E-state index contributed by atoms with van der Waals surface area (Å²) >= 11 is 6.08. The number of nitrogens with one attached hydrogen (secondary N) is 1. The van der Waals surface area contributed by atoms with Crippen molar-refractivity contribution >= 4 is 28.3 Å². The molecule has 0 unspecified atom stereocenters. The first-order valence-electron chi connectivity index (χ1n) is 7.41. The Kier molecular flexibility index (Phi) is 3.15. The molecule has 0 bridgehead atoms. The van der Waals surface area contributed by atoms with Crippen molar-refractivity contribution in [3.63, 3.8) is 0 Å². The fraction of sp³-hybridized carbons (Fsp3) is 0.267. The number of carbonyl (C=O) groups is 1. The van der Waals surface area contributed by atoms with Crippen LogP contribution in [0.3, 0.4) is 0 Å². The number of ether oxygens (including phenoxy) is 1. The maximum absolute atomic E-state index is 10.9. The number of hydrogen-bond acceptors (Lipinski definition) is 2. The van der Waals surface area contributed by atoms with E-state index in [0.717, 1.165) is 16.3 Å². The summed E-state index contributed by atoms with van der Waals surface area (Å²) in [6.45, 7) is 1.97. The van der Waals surface area contributed by atoms with Crippen molar-refractivity contribution in [2.45, 2.75) is 13.3 Å². The molecule has 0 heterocycles. The van der Waals surface area contributed by atoms with Gasteiger partial charge in [-0.3, -0.25) is 4.79 Å². The molecule has 2 rings (SSSR count). The van der Waals surface area contributed by atoms with Crippen LogP contribution in [0.25, 0.3) is 10.8 Å². The average molecular weight is 281 g/mol. The second kappa shape index (κ2) is 5.93. The van der Waals surface area contributed by atoms with Gasteiger partial charge in [0.25, 0.3) is 0 Å². The van der Waals surface area contributed by atoms with E-state index in [4.69, 9.17) is 20.5 Å². The highest BCUT2D eigenvalue weighted by Gasteiger charge is 2.07. The molecule has 0 saturated carbocycles. The lowest BCUT2D eigenvalue weighted by Crippen LogP contribution is -2.22. The first kappa shape index (κ1) is 10.1. The molecule has 4 heteroatoms. The minimum absolute atomic E-state index is 0.0882. The largest absolute Gasteiger partial charge is 0.495 e. The molecule has 1 N–H and O–H groups in total. The van der Waals surface area contributed by atoms with Gasteiger partial charge in [0.1, 0.15) is 5.75 Å². The first-order valence-corrected chi connectivity index (χ1v) is 6.29. The minimum atomic E-state index is -2.55. The molecule has 1 amide bonds. The fourth-order valence-corrected chi connectivity index (χ4v) is 2.22. The molecule has 0 atom stereocenters. The van der Waals surface area contributed by atoms with Crippen LogP contribution in [-0.2, 0) is 11.2 Å². The lowest BCUT2D eigenvalue weighted by atomic mass is 10.0. The molecular formula is C15H16ClNO2. The Morgan fingerprint density at radius 3 is 3.05 bits per heavy atom. The maximum atomic E-state index is 10.9. The summed E-state index contributed by atoms with van der Waals surface area (Å²) in [5, 5.41) is 4.74. The van der Waals surface area contributed by atoms with Gasteiger partial charge in [0.15, 0.2) is 0 Å². The Balaban J connectivity index is 2.37. The highest BCUT2D eigenvalue weighted by molar-refractivity contribution is 6.32. The van der Waals surface area contributed by atoms with Crippen molar-refractivity contribution < 1.29 is 13.6 Å². The fourth-order valence-electron chi connectivity index (χ4n) is 2.01. The monoisotopic (exact) mass is 280 g/mol. The summed E-state index contributed by atoms with van der Waals surface area (Å²) in [5.74, 6) is 0.0378. The van der Waals surface area contributed by atoms with E-state index in [1.165, 1.54) is 6.92 Å². The maximum Gasteiger partial charge on any atom is 0.216 e. The van der Waals surface area contributed by atoms with Gasteiger partial charge in [0.05, 0.1) is 16.2 Å². The van der Waals surface area contributed by atoms with Gasteiger partial charge < -0.3 is 10.1 Å². The molecule has 0 fully saturated rings. The molecule has 2 aromatic rings. The third-order valence-corrected chi connectivity index (χ3v) is 3.20. The molecule has 0 aliphatic heterocycles. The normalized spacial score (nSPS) is 13.5. The van der Waals surface area contributed by atoms with Gasteiger partial charge >= 0.3 is 0 Å². The van der Waals surface area contributed by atoms with Crippen molar-refractivity contribution in [1.29, 1.82) is 0 Å². The molecule has 3 nitrogen and oxygen atoms in total. The van der Waals surface area contributed by atoms with Gasteiger partial charge in [0, 0.05) is 13.5 Å². The van der Waals surface area contributed by atoms with Crippen molar-refractivity contribution in [2.75, 3.05) is 13.6 Å². The van der Waals surface area contributed by atoms with Crippen molar-refractivity contribution in [2.24, 2.45) is 0 Å². The second-order valence-electron chi connectivity index (χ2n) is 4.26. The van der Waals surface area contributed by atoms with Gasteiger partial charge in [-0.05, 0) is 34.9 Å². The van der Waals surface area contributed by atoms with E-state index >= 15 is 0 Å². The van der Waals surface area contributed by atoms with Gasteiger partial charge in [-0.2, -0.15) is 0 Å². The predicted molar refractivity (Wildman–Crippen MR) is 77.9 cm³/mol. The van der Waals surface area contributed by atoms with Gasteiger partial charge in [-0.1, -0.05) is 29.8 Å². The standard InChI is InChI=1S/C15H16ClNO2/c1-10(18)17-7-6-11-4-3-5-12-8-14(16)15(19-2)9-13(11)12/h3-5,8-9H,6-7H2,1-2H3,(H,17,18)/i2D3. The van der Waals surface area contributed by atoms with E-state index in [-0.39, 0.29) is 16.7 Å². The molecule has 100 valence electrons.